The Bertz CT molecular complexity index is 938. The summed E-state index contributed by atoms with van der Waals surface area (Å²) in [5.41, 5.74) is 4.01. The number of aryl methyl sites for hydroxylation is 1. The maximum atomic E-state index is 12.1. The van der Waals surface area contributed by atoms with Crippen LogP contribution in [0.4, 0.5) is 10.5 Å². The quantitative estimate of drug-likeness (QED) is 0.690. The molecule has 0 fully saturated rings. The van der Waals surface area contributed by atoms with Crippen molar-refractivity contribution in [3.8, 4) is 22.9 Å². The minimum atomic E-state index is -0.191. The maximum absolute atomic E-state index is 12.1. The van der Waals surface area contributed by atoms with Gasteiger partial charge in [-0.2, -0.15) is 0 Å². The molecule has 3 rings (SSSR count). The second-order valence-corrected chi connectivity index (χ2v) is 6.75. The zero-order valence-corrected chi connectivity index (χ0v) is 15.1. The van der Waals surface area contributed by atoms with Gasteiger partial charge >= 0.3 is 6.03 Å². The van der Waals surface area contributed by atoms with Crippen LogP contribution in [0.3, 0.4) is 0 Å². The van der Waals surface area contributed by atoms with Crippen LogP contribution in [-0.2, 0) is 0 Å². The van der Waals surface area contributed by atoms with Gasteiger partial charge in [-0.15, -0.1) is 17.8 Å². The molecule has 0 unspecified atom stereocenters. The van der Waals surface area contributed by atoms with E-state index in [9.17, 15) is 4.79 Å². The smallest absolute Gasteiger partial charge is 0.314 e. The van der Waals surface area contributed by atoms with E-state index in [0.29, 0.717) is 13.1 Å². The molecule has 126 valence electrons. The molecule has 1 N–H and O–H groups in total. The summed E-state index contributed by atoms with van der Waals surface area (Å²) in [5.74, 6) is 2.49. The van der Waals surface area contributed by atoms with E-state index in [1.807, 2.05) is 37.3 Å². The lowest BCUT2D eigenvalue weighted by Crippen LogP contribution is -2.34. The molecule has 4 nitrogen and oxygen atoms in total. The number of urea groups is 1. The van der Waals surface area contributed by atoms with Crippen LogP contribution < -0.4 is 5.32 Å². The summed E-state index contributed by atoms with van der Waals surface area (Å²) in [6.07, 6.45) is 5.28. The number of benzene rings is 2. The van der Waals surface area contributed by atoms with Gasteiger partial charge in [0.25, 0.3) is 0 Å². The summed E-state index contributed by atoms with van der Waals surface area (Å²) in [4.78, 5) is 18.4. The predicted molar refractivity (Wildman–Crippen MR) is 105 cm³/mol. The molecule has 0 aliphatic rings. The Kier molecular flexibility index (Phi) is 5.01. The number of amides is 2. The Labute approximate surface area is 151 Å². The second-order valence-electron chi connectivity index (χ2n) is 5.72. The van der Waals surface area contributed by atoms with Gasteiger partial charge in [-0.1, -0.05) is 12.0 Å². The van der Waals surface area contributed by atoms with Crippen LogP contribution >= 0.6 is 11.3 Å². The maximum Gasteiger partial charge on any atom is 0.322 e. The van der Waals surface area contributed by atoms with Crippen LogP contribution in [0.1, 0.15) is 12.5 Å². The van der Waals surface area contributed by atoms with Crippen molar-refractivity contribution < 1.29 is 4.79 Å². The van der Waals surface area contributed by atoms with Gasteiger partial charge in [0.05, 0.1) is 16.8 Å². The minimum absolute atomic E-state index is 0.191. The first-order valence-corrected chi connectivity index (χ1v) is 8.89. The Hall–Kier alpha value is -2.84. The van der Waals surface area contributed by atoms with Gasteiger partial charge in [0.15, 0.2) is 0 Å². The number of fused-ring (bicyclic) bond motifs is 1. The minimum Gasteiger partial charge on any atom is -0.314 e. The monoisotopic (exact) mass is 349 g/mol. The van der Waals surface area contributed by atoms with Gasteiger partial charge in [-0.05, 0) is 55.8 Å². The van der Waals surface area contributed by atoms with Crippen molar-refractivity contribution >= 4 is 33.3 Å². The van der Waals surface area contributed by atoms with Gasteiger partial charge in [0, 0.05) is 17.8 Å². The molecule has 0 radical (unpaired) electrons. The first kappa shape index (κ1) is 17.0. The molecule has 0 aliphatic heterocycles. The molecule has 5 heteroatoms. The predicted octanol–water partition coefficient (Wildman–Crippen LogP) is 4.76. The number of carbonyl (C=O) groups excluding carboxylic acids is 1. The van der Waals surface area contributed by atoms with Crippen molar-refractivity contribution in [3.63, 3.8) is 0 Å². The molecule has 1 aromatic heterocycles. The lowest BCUT2D eigenvalue weighted by Gasteiger charge is -2.18. The average molecular weight is 349 g/mol. The van der Waals surface area contributed by atoms with Crippen LogP contribution in [0.25, 0.3) is 20.8 Å². The number of carbonyl (C=O) groups is 1. The molecule has 2 aromatic carbocycles. The largest absolute Gasteiger partial charge is 0.322 e. The van der Waals surface area contributed by atoms with Crippen LogP contribution in [-0.4, -0.2) is 29.0 Å². The summed E-state index contributed by atoms with van der Waals surface area (Å²) in [5, 5.41) is 3.84. The Morgan fingerprint density at radius 1 is 1.28 bits per heavy atom. The van der Waals surface area contributed by atoms with Gasteiger partial charge < -0.3 is 10.2 Å². The number of aromatic nitrogens is 1. The van der Waals surface area contributed by atoms with E-state index >= 15 is 0 Å². The normalized spacial score (nSPS) is 10.4. The molecule has 2 amide bonds. The number of rotatable bonds is 4. The van der Waals surface area contributed by atoms with Crippen LogP contribution in [0.5, 0.6) is 0 Å². The zero-order chi connectivity index (χ0) is 17.8. The first-order chi connectivity index (χ1) is 12.1. The summed E-state index contributed by atoms with van der Waals surface area (Å²) < 4.78 is 1.18. The number of hydrogen-bond donors (Lipinski definition) is 1. The van der Waals surface area contributed by atoms with E-state index < -0.39 is 0 Å². The Morgan fingerprint density at radius 2 is 2.04 bits per heavy atom. The zero-order valence-electron chi connectivity index (χ0n) is 14.2. The standard InChI is InChI=1S/C20H19N3OS/c1-4-12-23(5-2)20(24)21-16-9-7-15(8-10-16)19-22-17-11-6-14(3)13-18(17)25-19/h1,6-11,13H,5,12H2,2-3H3,(H,21,24). The number of anilines is 1. The van der Waals surface area contributed by atoms with Crippen molar-refractivity contribution in [2.45, 2.75) is 13.8 Å². The van der Waals surface area contributed by atoms with Crippen LogP contribution in [0.2, 0.25) is 0 Å². The fraction of sp³-hybridized carbons (Fsp3) is 0.200. The second kappa shape index (κ2) is 7.37. The van der Waals surface area contributed by atoms with Gasteiger partial charge in [-0.25, -0.2) is 9.78 Å². The average Bonchev–Trinajstić information content (AvgIpc) is 3.03. The van der Waals surface area contributed by atoms with Crippen molar-refractivity contribution in [1.29, 1.82) is 0 Å². The third-order valence-electron chi connectivity index (χ3n) is 3.88. The van der Waals surface area contributed by atoms with Gasteiger partial charge in [0.2, 0.25) is 0 Å². The van der Waals surface area contributed by atoms with Crippen molar-refractivity contribution in [1.82, 2.24) is 9.88 Å². The fourth-order valence-corrected chi connectivity index (χ4v) is 3.56. The summed E-state index contributed by atoms with van der Waals surface area (Å²) in [6.45, 7) is 4.84. The summed E-state index contributed by atoms with van der Waals surface area (Å²) >= 11 is 1.67. The third-order valence-corrected chi connectivity index (χ3v) is 4.95. The third kappa shape index (κ3) is 3.81. The van der Waals surface area contributed by atoms with Crippen LogP contribution in [0.15, 0.2) is 42.5 Å². The highest BCUT2D eigenvalue weighted by atomic mass is 32.1. The van der Waals surface area contributed by atoms with Gasteiger partial charge in [-0.3, -0.25) is 0 Å². The number of terminal acetylenes is 1. The van der Waals surface area contributed by atoms with Crippen molar-refractivity contribution in [2.75, 3.05) is 18.4 Å². The number of nitrogens with zero attached hydrogens (tertiary/aromatic N) is 2. The molecule has 0 spiro atoms. The molecular formula is C20H19N3OS. The van der Waals surface area contributed by atoms with E-state index in [0.717, 1.165) is 21.8 Å². The lowest BCUT2D eigenvalue weighted by molar-refractivity contribution is 0.220. The molecule has 25 heavy (non-hydrogen) atoms. The van der Waals surface area contributed by atoms with Crippen molar-refractivity contribution in [2.24, 2.45) is 0 Å². The highest BCUT2D eigenvalue weighted by molar-refractivity contribution is 7.21. The molecule has 3 aromatic rings. The topological polar surface area (TPSA) is 45.2 Å². The SMILES string of the molecule is C#CCN(CC)C(=O)Nc1ccc(-c2nc3ccc(C)cc3s2)cc1. The first-order valence-electron chi connectivity index (χ1n) is 8.07. The molecule has 0 aliphatic carbocycles. The van der Waals surface area contributed by atoms with E-state index in [1.54, 1.807) is 16.2 Å². The molecule has 1 heterocycles. The van der Waals surface area contributed by atoms with E-state index in [4.69, 9.17) is 6.42 Å². The van der Waals surface area contributed by atoms with Crippen LogP contribution in [0, 0.1) is 19.3 Å². The number of thiazole rings is 1. The summed E-state index contributed by atoms with van der Waals surface area (Å²) in [7, 11) is 0. The van der Waals surface area contributed by atoms with Gasteiger partial charge in [0.1, 0.15) is 5.01 Å². The van der Waals surface area contributed by atoms with E-state index in [-0.39, 0.29) is 6.03 Å². The lowest BCUT2D eigenvalue weighted by atomic mass is 10.2. The van der Waals surface area contributed by atoms with E-state index in [2.05, 4.69) is 35.3 Å². The molecule has 0 saturated carbocycles. The molecule has 0 bridgehead atoms. The summed E-state index contributed by atoms with van der Waals surface area (Å²) in [6, 6.07) is 13.8. The Morgan fingerprint density at radius 3 is 2.72 bits per heavy atom. The number of hydrogen-bond acceptors (Lipinski definition) is 3. The highest BCUT2D eigenvalue weighted by Crippen LogP contribution is 2.31. The molecular weight excluding hydrogens is 330 g/mol. The number of nitrogens with one attached hydrogen (secondary N) is 1. The van der Waals surface area contributed by atoms with Crippen molar-refractivity contribution in [3.05, 3.63) is 48.0 Å². The Balaban J connectivity index is 1.77. The highest BCUT2D eigenvalue weighted by Gasteiger charge is 2.11. The van der Waals surface area contributed by atoms with E-state index in [1.165, 1.54) is 10.3 Å². The molecule has 0 atom stereocenters. The fourth-order valence-electron chi connectivity index (χ4n) is 2.49. The molecule has 0 saturated heterocycles.